The number of alkyl halides is 1. The first-order valence-corrected chi connectivity index (χ1v) is 6.05. The molecule has 0 spiro atoms. The molecule has 9 heteroatoms. The molecule has 0 bridgehead atoms. The summed E-state index contributed by atoms with van der Waals surface area (Å²) < 4.78 is 4.85. The van der Waals surface area contributed by atoms with Crippen molar-refractivity contribution in [1.29, 1.82) is 0 Å². The number of nitrogens with zero attached hydrogens (tertiary/aromatic N) is 6. The van der Waals surface area contributed by atoms with E-state index in [1.54, 1.807) is 9.80 Å². The normalized spacial score (nSPS) is 18.5. The number of amides is 1. The molecule has 1 amide bonds. The number of carbonyl (C=O) groups excluding carboxylic acids is 1. The zero-order chi connectivity index (χ0) is 14.2. The lowest BCUT2D eigenvalue weighted by Crippen LogP contribution is -2.28. The third-order valence-corrected chi connectivity index (χ3v) is 2.64. The van der Waals surface area contributed by atoms with Crippen LogP contribution >= 0.6 is 11.6 Å². The van der Waals surface area contributed by atoms with Gasteiger partial charge in [-0.3, -0.25) is 0 Å². The molecule has 0 saturated carbocycles. The summed E-state index contributed by atoms with van der Waals surface area (Å²) >= 11 is 5.78. The molecule has 1 aliphatic rings. The van der Waals surface area contributed by atoms with Crippen LogP contribution in [0, 0.1) is 0 Å². The molecule has 1 saturated heterocycles. The smallest absolute Gasteiger partial charge is 0.418 e. The Labute approximate surface area is 115 Å². The molecule has 2 rings (SSSR count). The van der Waals surface area contributed by atoms with Crippen LogP contribution in [0.3, 0.4) is 0 Å². The molecule has 1 aromatic rings. The van der Waals surface area contributed by atoms with Gasteiger partial charge in [0.1, 0.15) is 0 Å². The van der Waals surface area contributed by atoms with Gasteiger partial charge in [0.25, 0.3) is 0 Å². The van der Waals surface area contributed by atoms with E-state index in [4.69, 9.17) is 16.3 Å². The second kappa shape index (κ2) is 5.04. The number of hydrogen-bond donors (Lipinski definition) is 0. The van der Waals surface area contributed by atoms with Crippen molar-refractivity contribution in [3.05, 3.63) is 0 Å². The molecule has 0 aliphatic carbocycles. The average Bonchev–Trinajstić information content (AvgIpc) is 2.67. The van der Waals surface area contributed by atoms with Crippen molar-refractivity contribution in [3.63, 3.8) is 0 Å². The van der Waals surface area contributed by atoms with E-state index >= 15 is 0 Å². The Hall–Kier alpha value is -1.83. The maximum absolute atomic E-state index is 11.6. The van der Waals surface area contributed by atoms with Crippen molar-refractivity contribution in [2.24, 2.45) is 0 Å². The minimum atomic E-state index is -0.685. The van der Waals surface area contributed by atoms with E-state index < -0.39 is 11.7 Å². The van der Waals surface area contributed by atoms with Crippen molar-refractivity contribution in [3.8, 4) is 0 Å². The third kappa shape index (κ3) is 2.78. The summed E-state index contributed by atoms with van der Waals surface area (Å²) in [5, 5.41) is 0. The first kappa shape index (κ1) is 13.6. The Morgan fingerprint density at radius 1 is 1.16 bits per heavy atom. The molecule has 2 heterocycles. The highest BCUT2D eigenvalue weighted by atomic mass is 35.5. The molecule has 0 N–H and O–H groups in total. The van der Waals surface area contributed by atoms with Crippen LogP contribution in [0.2, 0.25) is 0 Å². The van der Waals surface area contributed by atoms with E-state index in [0.29, 0.717) is 11.9 Å². The van der Waals surface area contributed by atoms with Gasteiger partial charge in [-0.15, -0.1) is 0 Å². The van der Waals surface area contributed by atoms with Crippen LogP contribution in [0.1, 0.15) is 0 Å². The molecule has 0 radical (unpaired) electrons. The number of ether oxygens (including phenoxy) is 1. The van der Waals surface area contributed by atoms with Gasteiger partial charge < -0.3 is 14.5 Å². The average molecular weight is 287 g/mol. The summed E-state index contributed by atoms with van der Waals surface area (Å²) in [6.07, 6.45) is -0.555. The largest absolute Gasteiger partial charge is 0.427 e. The van der Waals surface area contributed by atoms with Crippen LogP contribution in [-0.2, 0) is 4.74 Å². The molecule has 1 aromatic heterocycles. The van der Waals surface area contributed by atoms with Crippen LogP contribution in [0.25, 0.3) is 0 Å². The number of rotatable bonds is 3. The lowest BCUT2D eigenvalue weighted by molar-refractivity contribution is 0.170. The number of carbonyl (C=O) groups is 1. The van der Waals surface area contributed by atoms with Gasteiger partial charge in [-0.25, -0.2) is 9.69 Å². The Balaban J connectivity index is 2.42. The molecule has 1 fully saturated rings. The van der Waals surface area contributed by atoms with Gasteiger partial charge in [0.05, 0.1) is 6.54 Å². The van der Waals surface area contributed by atoms with E-state index in [1.807, 2.05) is 28.2 Å². The van der Waals surface area contributed by atoms with Gasteiger partial charge in [0.15, 0.2) is 5.56 Å². The standard InChI is InChI=1S/C10H15ClN6O2/c1-15(2)7-12-8(16(3)4)14-9(13-7)17-5-6(11)19-10(17)18/h6H,5H2,1-4H3. The van der Waals surface area contributed by atoms with Gasteiger partial charge in [0.2, 0.25) is 17.8 Å². The fraction of sp³-hybridized carbons (Fsp3) is 0.600. The predicted octanol–water partition coefficient (Wildman–Crippen LogP) is 0.525. The van der Waals surface area contributed by atoms with Crippen LogP contribution in [-0.4, -0.2) is 61.3 Å². The fourth-order valence-electron chi connectivity index (χ4n) is 1.46. The van der Waals surface area contributed by atoms with Crippen molar-refractivity contribution in [2.75, 3.05) is 49.4 Å². The van der Waals surface area contributed by atoms with Crippen LogP contribution in [0.15, 0.2) is 0 Å². The lowest BCUT2D eigenvalue weighted by Gasteiger charge is -2.18. The number of anilines is 3. The minimum Gasteiger partial charge on any atom is -0.427 e. The summed E-state index contributed by atoms with van der Waals surface area (Å²) in [4.78, 5) is 29.1. The molecule has 0 aromatic carbocycles. The van der Waals surface area contributed by atoms with Gasteiger partial charge in [-0.2, -0.15) is 15.0 Å². The molecule has 1 aliphatic heterocycles. The van der Waals surface area contributed by atoms with Crippen LogP contribution in [0.4, 0.5) is 22.6 Å². The molecule has 8 nitrogen and oxygen atoms in total. The maximum Gasteiger partial charge on any atom is 0.418 e. The van der Waals surface area contributed by atoms with Gasteiger partial charge in [-0.05, 0) is 0 Å². The fourth-order valence-corrected chi connectivity index (χ4v) is 1.67. The molecule has 104 valence electrons. The van der Waals surface area contributed by atoms with E-state index in [1.165, 1.54) is 4.90 Å². The molecular weight excluding hydrogens is 272 g/mol. The number of aromatic nitrogens is 3. The Morgan fingerprint density at radius 2 is 1.68 bits per heavy atom. The topological polar surface area (TPSA) is 74.7 Å². The van der Waals surface area contributed by atoms with Crippen molar-refractivity contribution in [2.45, 2.75) is 5.56 Å². The number of hydrogen-bond acceptors (Lipinski definition) is 7. The van der Waals surface area contributed by atoms with E-state index in [0.717, 1.165) is 0 Å². The summed E-state index contributed by atoms with van der Waals surface area (Å²) in [6.45, 7) is 0.212. The second-order valence-corrected chi connectivity index (χ2v) is 4.92. The minimum absolute atomic E-state index is 0.212. The Morgan fingerprint density at radius 3 is 2.05 bits per heavy atom. The number of cyclic esters (lactones) is 1. The Kier molecular flexibility index (Phi) is 3.61. The highest BCUT2D eigenvalue weighted by molar-refractivity contribution is 6.21. The van der Waals surface area contributed by atoms with Crippen molar-refractivity contribution < 1.29 is 9.53 Å². The zero-order valence-corrected chi connectivity index (χ0v) is 11.9. The predicted molar refractivity (Wildman–Crippen MR) is 71.9 cm³/mol. The summed E-state index contributed by atoms with van der Waals surface area (Å²) in [6, 6.07) is 0. The van der Waals surface area contributed by atoms with Crippen molar-refractivity contribution >= 4 is 35.5 Å². The Bertz CT molecular complexity index is 469. The number of halogens is 1. The van der Waals surface area contributed by atoms with Crippen molar-refractivity contribution in [1.82, 2.24) is 15.0 Å². The van der Waals surface area contributed by atoms with Crippen LogP contribution in [0.5, 0.6) is 0 Å². The van der Waals surface area contributed by atoms with Gasteiger partial charge >= 0.3 is 6.09 Å². The zero-order valence-electron chi connectivity index (χ0n) is 11.2. The second-order valence-electron chi connectivity index (χ2n) is 4.43. The third-order valence-electron chi connectivity index (χ3n) is 2.42. The summed E-state index contributed by atoms with van der Waals surface area (Å²) in [5.74, 6) is 1.15. The van der Waals surface area contributed by atoms with Crippen LogP contribution < -0.4 is 14.7 Å². The summed E-state index contributed by atoms with van der Waals surface area (Å²) in [5.41, 5.74) is -0.685. The highest BCUT2D eigenvalue weighted by Gasteiger charge is 2.33. The highest BCUT2D eigenvalue weighted by Crippen LogP contribution is 2.22. The summed E-state index contributed by atoms with van der Waals surface area (Å²) in [7, 11) is 7.24. The monoisotopic (exact) mass is 286 g/mol. The van der Waals surface area contributed by atoms with Gasteiger partial charge in [0, 0.05) is 28.2 Å². The van der Waals surface area contributed by atoms with E-state index in [9.17, 15) is 4.79 Å². The van der Waals surface area contributed by atoms with Gasteiger partial charge in [-0.1, -0.05) is 11.6 Å². The molecular formula is C10H15ClN6O2. The first-order valence-electron chi connectivity index (χ1n) is 5.61. The SMILES string of the molecule is CN(C)c1nc(N(C)C)nc(N2CC(Cl)OC2=O)n1. The van der Waals surface area contributed by atoms with E-state index in [-0.39, 0.29) is 12.5 Å². The quantitative estimate of drug-likeness (QED) is 0.750. The lowest BCUT2D eigenvalue weighted by atomic mass is 10.6. The first-order chi connectivity index (χ1) is 8.88. The molecule has 1 atom stereocenters. The molecule has 1 unspecified atom stereocenters. The molecule has 19 heavy (non-hydrogen) atoms. The maximum atomic E-state index is 11.6. The van der Waals surface area contributed by atoms with E-state index in [2.05, 4.69) is 15.0 Å².